The molecule has 0 saturated carbocycles. The lowest BCUT2D eigenvalue weighted by Gasteiger charge is -2.39. The van der Waals surface area contributed by atoms with Gasteiger partial charge in [0.1, 0.15) is 6.29 Å². The van der Waals surface area contributed by atoms with Gasteiger partial charge in [0, 0.05) is 6.42 Å². The van der Waals surface area contributed by atoms with Gasteiger partial charge in [0.25, 0.3) is 0 Å². The van der Waals surface area contributed by atoms with E-state index in [1.807, 2.05) is 0 Å². The van der Waals surface area contributed by atoms with Crippen molar-refractivity contribution in [2.45, 2.75) is 46.0 Å². The van der Waals surface area contributed by atoms with Crippen molar-refractivity contribution in [3.63, 3.8) is 0 Å². The second-order valence-corrected chi connectivity index (χ2v) is 6.80. The van der Waals surface area contributed by atoms with E-state index in [-0.39, 0.29) is 0 Å². The topological polar surface area (TPSA) is 23.6 Å². The fourth-order valence-electron chi connectivity index (χ4n) is 3.54. The summed E-state index contributed by atoms with van der Waals surface area (Å²) in [5.74, 6) is 2.44. The van der Waals surface area contributed by atoms with Crippen LogP contribution in [0.25, 0.3) is 0 Å². The SMILES string of the molecule is CC(C)C1CCN(CN2CCC(CC=O)CC2)CC1. The van der Waals surface area contributed by atoms with Crippen LogP contribution in [0.15, 0.2) is 0 Å². The lowest BCUT2D eigenvalue weighted by atomic mass is 9.87. The van der Waals surface area contributed by atoms with E-state index in [0.29, 0.717) is 5.92 Å². The second kappa shape index (κ2) is 7.39. The normalized spacial score (nSPS) is 25.0. The van der Waals surface area contributed by atoms with Gasteiger partial charge in [-0.2, -0.15) is 0 Å². The molecule has 2 heterocycles. The first-order chi connectivity index (χ1) is 9.19. The first-order valence-corrected chi connectivity index (χ1v) is 8.07. The molecule has 0 radical (unpaired) electrons. The highest BCUT2D eigenvalue weighted by molar-refractivity contribution is 5.49. The summed E-state index contributed by atoms with van der Waals surface area (Å²) in [5.41, 5.74) is 0. The van der Waals surface area contributed by atoms with Crippen LogP contribution in [0.2, 0.25) is 0 Å². The summed E-state index contributed by atoms with van der Waals surface area (Å²) < 4.78 is 0. The average molecular weight is 266 g/mol. The Hall–Kier alpha value is -0.410. The molecule has 0 unspecified atom stereocenters. The van der Waals surface area contributed by atoms with E-state index >= 15 is 0 Å². The summed E-state index contributed by atoms with van der Waals surface area (Å²) in [6.07, 6.45) is 7.03. The van der Waals surface area contributed by atoms with Crippen LogP contribution in [0.5, 0.6) is 0 Å². The molecule has 0 N–H and O–H groups in total. The Morgan fingerprint density at radius 3 is 2.00 bits per heavy atom. The fourth-order valence-corrected chi connectivity index (χ4v) is 3.54. The molecule has 0 aromatic carbocycles. The van der Waals surface area contributed by atoms with Gasteiger partial charge in [-0.1, -0.05) is 13.8 Å². The highest BCUT2D eigenvalue weighted by Gasteiger charge is 2.24. The Bertz CT molecular complexity index is 264. The van der Waals surface area contributed by atoms with Gasteiger partial charge < -0.3 is 4.79 Å². The van der Waals surface area contributed by atoms with Gasteiger partial charge in [-0.25, -0.2) is 0 Å². The molecule has 0 amide bonds. The summed E-state index contributed by atoms with van der Waals surface area (Å²) in [6.45, 7) is 10.8. The standard InChI is InChI=1S/C16H30N2O/c1-14(2)16-5-10-18(11-6-16)13-17-8-3-15(4-9-17)7-12-19/h12,14-16H,3-11,13H2,1-2H3. The third-order valence-electron chi connectivity index (χ3n) is 5.11. The maximum Gasteiger partial charge on any atom is 0.120 e. The summed E-state index contributed by atoms with van der Waals surface area (Å²) >= 11 is 0. The Morgan fingerprint density at radius 1 is 1.00 bits per heavy atom. The van der Waals surface area contributed by atoms with Crippen LogP contribution < -0.4 is 0 Å². The predicted molar refractivity (Wildman–Crippen MR) is 79.0 cm³/mol. The first-order valence-electron chi connectivity index (χ1n) is 8.07. The summed E-state index contributed by atoms with van der Waals surface area (Å²) in [7, 11) is 0. The molecular weight excluding hydrogens is 236 g/mol. The van der Waals surface area contributed by atoms with Crippen LogP contribution in [0.3, 0.4) is 0 Å². The minimum absolute atomic E-state index is 0.653. The predicted octanol–water partition coefficient (Wildman–Crippen LogP) is 2.61. The number of piperidine rings is 2. The molecule has 0 atom stereocenters. The van der Waals surface area contributed by atoms with Crippen molar-refractivity contribution in [1.29, 1.82) is 0 Å². The zero-order valence-corrected chi connectivity index (χ0v) is 12.7. The number of carbonyl (C=O) groups excluding carboxylic acids is 1. The quantitative estimate of drug-likeness (QED) is 0.715. The van der Waals surface area contributed by atoms with Crippen molar-refractivity contribution < 1.29 is 4.79 Å². The van der Waals surface area contributed by atoms with Crippen LogP contribution in [0, 0.1) is 17.8 Å². The molecule has 0 aromatic rings. The van der Waals surface area contributed by atoms with E-state index in [4.69, 9.17) is 0 Å². The molecule has 2 fully saturated rings. The van der Waals surface area contributed by atoms with Crippen LogP contribution in [0.1, 0.15) is 46.0 Å². The third kappa shape index (κ3) is 4.57. The molecule has 0 aliphatic carbocycles. The van der Waals surface area contributed by atoms with Crippen LogP contribution in [0.4, 0.5) is 0 Å². The van der Waals surface area contributed by atoms with Crippen molar-refractivity contribution >= 4 is 6.29 Å². The summed E-state index contributed by atoms with van der Waals surface area (Å²) in [4.78, 5) is 15.7. The van der Waals surface area contributed by atoms with Crippen LogP contribution in [-0.4, -0.2) is 48.9 Å². The van der Waals surface area contributed by atoms with Crippen LogP contribution >= 0.6 is 0 Å². The van der Waals surface area contributed by atoms with Crippen molar-refractivity contribution in [3.05, 3.63) is 0 Å². The number of aldehydes is 1. The van der Waals surface area contributed by atoms with E-state index in [2.05, 4.69) is 23.6 Å². The highest BCUT2D eigenvalue weighted by atomic mass is 16.1. The fraction of sp³-hybridized carbons (Fsp3) is 0.938. The van der Waals surface area contributed by atoms with Gasteiger partial charge >= 0.3 is 0 Å². The maximum atomic E-state index is 10.5. The van der Waals surface area contributed by atoms with Crippen LogP contribution in [-0.2, 0) is 4.79 Å². The Morgan fingerprint density at radius 2 is 1.53 bits per heavy atom. The lowest BCUT2D eigenvalue weighted by molar-refractivity contribution is -0.109. The molecule has 0 aromatic heterocycles. The highest BCUT2D eigenvalue weighted by Crippen LogP contribution is 2.25. The molecule has 19 heavy (non-hydrogen) atoms. The first kappa shape index (κ1) is 15.0. The molecule has 2 rings (SSSR count). The van der Waals surface area contributed by atoms with E-state index < -0.39 is 0 Å². The van der Waals surface area contributed by atoms with Gasteiger partial charge in [-0.05, 0) is 69.6 Å². The van der Waals surface area contributed by atoms with E-state index in [1.54, 1.807) is 0 Å². The summed E-state index contributed by atoms with van der Waals surface area (Å²) in [6, 6.07) is 0. The monoisotopic (exact) mass is 266 g/mol. The average Bonchev–Trinajstić information content (AvgIpc) is 2.42. The number of carbonyl (C=O) groups is 1. The van der Waals surface area contributed by atoms with E-state index in [0.717, 1.165) is 31.2 Å². The number of likely N-dealkylation sites (tertiary alicyclic amines) is 2. The molecule has 2 aliphatic heterocycles. The van der Waals surface area contributed by atoms with E-state index in [1.165, 1.54) is 51.9 Å². The van der Waals surface area contributed by atoms with Crippen molar-refractivity contribution in [3.8, 4) is 0 Å². The largest absolute Gasteiger partial charge is 0.303 e. The molecule has 110 valence electrons. The number of hydrogen-bond donors (Lipinski definition) is 0. The molecule has 3 heteroatoms. The van der Waals surface area contributed by atoms with Crippen molar-refractivity contribution in [2.24, 2.45) is 17.8 Å². The Kier molecular flexibility index (Phi) is 5.83. The lowest BCUT2D eigenvalue weighted by Crippen LogP contribution is -2.45. The Labute approximate surface area is 118 Å². The molecule has 2 saturated heterocycles. The van der Waals surface area contributed by atoms with Gasteiger partial charge in [-0.15, -0.1) is 0 Å². The zero-order chi connectivity index (χ0) is 13.7. The third-order valence-corrected chi connectivity index (χ3v) is 5.11. The molecule has 0 bridgehead atoms. The van der Waals surface area contributed by atoms with Crippen molar-refractivity contribution in [1.82, 2.24) is 9.80 Å². The number of rotatable bonds is 5. The molecular formula is C16H30N2O. The smallest absolute Gasteiger partial charge is 0.120 e. The zero-order valence-electron chi connectivity index (χ0n) is 12.7. The van der Waals surface area contributed by atoms with Gasteiger partial charge in [0.15, 0.2) is 0 Å². The van der Waals surface area contributed by atoms with Crippen molar-refractivity contribution in [2.75, 3.05) is 32.8 Å². The van der Waals surface area contributed by atoms with Gasteiger partial charge in [0.05, 0.1) is 6.67 Å². The molecule has 2 aliphatic rings. The van der Waals surface area contributed by atoms with E-state index in [9.17, 15) is 4.79 Å². The molecule has 0 spiro atoms. The Balaban J connectivity index is 1.65. The molecule has 3 nitrogen and oxygen atoms in total. The number of hydrogen-bond acceptors (Lipinski definition) is 3. The minimum atomic E-state index is 0.653. The second-order valence-electron chi connectivity index (χ2n) is 6.80. The maximum absolute atomic E-state index is 10.5. The number of nitrogens with zero attached hydrogens (tertiary/aromatic N) is 2. The van der Waals surface area contributed by atoms with Gasteiger partial charge in [-0.3, -0.25) is 9.80 Å². The summed E-state index contributed by atoms with van der Waals surface area (Å²) in [5, 5.41) is 0. The van der Waals surface area contributed by atoms with Gasteiger partial charge in [0.2, 0.25) is 0 Å². The minimum Gasteiger partial charge on any atom is -0.303 e.